The number of rotatable bonds is 6. The maximum atomic E-state index is 13.9. The van der Waals surface area contributed by atoms with Gasteiger partial charge in [0.15, 0.2) is 11.2 Å². The number of carbonyl (C=O) groups excluding carboxylic acids is 1. The molecule has 196 valence electrons. The molecule has 4 aromatic rings. The Bertz CT molecular complexity index is 1710. The van der Waals surface area contributed by atoms with Crippen LogP contribution < -0.4 is 21.9 Å². The zero-order valence-corrected chi connectivity index (χ0v) is 21.3. The normalized spacial score (nSPS) is 15.4. The third-order valence-electron chi connectivity index (χ3n) is 6.61. The number of hydrogen-bond donors (Lipinski definition) is 1. The van der Waals surface area contributed by atoms with Crippen LogP contribution in [0.1, 0.15) is 25.3 Å². The maximum Gasteiger partial charge on any atom is 0.333 e. The molecule has 0 radical (unpaired) electrons. The van der Waals surface area contributed by atoms with Gasteiger partial charge in [-0.05, 0) is 43.5 Å². The van der Waals surface area contributed by atoms with Gasteiger partial charge in [-0.3, -0.25) is 33.3 Å². The molecule has 1 aliphatic rings. The van der Waals surface area contributed by atoms with E-state index in [0.29, 0.717) is 35.6 Å². The maximum absolute atomic E-state index is 13.9. The Balaban J connectivity index is 1.74. The molecule has 0 amide bonds. The highest BCUT2D eigenvalue weighted by atomic mass is 16.5. The summed E-state index contributed by atoms with van der Waals surface area (Å²) in [6.07, 6.45) is 5.01. The average Bonchev–Trinajstić information content (AvgIpc) is 3.31. The van der Waals surface area contributed by atoms with E-state index >= 15 is 0 Å². The highest BCUT2D eigenvalue weighted by Gasteiger charge is 2.27. The van der Waals surface area contributed by atoms with Gasteiger partial charge in [0.05, 0.1) is 31.2 Å². The van der Waals surface area contributed by atoms with E-state index in [-0.39, 0.29) is 30.3 Å². The van der Waals surface area contributed by atoms with E-state index in [1.807, 2.05) is 11.0 Å². The number of hydrogen-bond acceptors (Lipinski definition) is 9. The Morgan fingerprint density at radius 3 is 2.82 bits per heavy atom. The summed E-state index contributed by atoms with van der Waals surface area (Å²) in [4.78, 5) is 55.3. The first-order chi connectivity index (χ1) is 18.4. The van der Waals surface area contributed by atoms with Crippen molar-refractivity contribution >= 4 is 34.1 Å². The van der Waals surface area contributed by atoms with Crippen LogP contribution in [0.3, 0.4) is 0 Å². The van der Waals surface area contributed by atoms with Crippen molar-refractivity contribution in [2.75, 3.05) is 25.1 Å². The second-order valence-electron chi connectivity index (χ2n) is 9.17. The molecule has 1 atom stereocenters. The number of anilines is 1. The average molecular weight is 517 g/mol. The zero-order valence-electron chi connectivity index (χ0n) is 21.3. The van der Waals surface area contributed by atoms with E-state index in [1.165, 1.54) is 11.7 Å². The Kier molecular flexibility index (Phi) is 6.93. The number of fused-ring (bicyclic) bond motifs is 2. The smallest absolute Gasteiger partial charge is 0.333 e. The van der Waals surface area contributed by atoms with Crippen LogP contribution in [0.4, 0.5) is 5.95 Å². The lowest BCUT2D eigenvalue weighted by molar-refractivity contribution is -0.141. The minimum atomic E-state index is -0.679. The summed E-state index contributed by atoms with van der Waals surface area (Å²) in [5, 5.41) is 0. The van der Waals surface area contributed by atoms with Crippen molar-refractivity contribution in [1.82, 2.24) is 28.7 Å². The second kappa shape index (κ2) is 10.5. The summed E-state index contributed by atoms with van der Waals surface area (Å²) in [5.41, 5.74) is 7.24. The highest BCUT2D eigenvalue weighted by molar-refractivity contribution is 5.78. The van der Waals surface area contributed by atoms with Gasteiger partial charge in [0, 0.05) is 31.5 Å². The van der Waals surface area contributed by atoms with E-state index < -0.39 is 23.8 Å². The van der Waals surface area contributed by atoms with Crippen LogP contribution in [0.5, 0.6) is 0 Å². The van der Waals surface area contributed by atoms with Crippen LogP contribution in [0.15, 0.2) is 40.2 Å². The molecule has 0 aliphatic carbocycles. The molecule has 4 aromatic heterocycles. The van der Waals surface area contributed by atoms with Gasteiger partial charge in [0.1, 0.15) is 6.54 Å². The molecule has 0 bridgehead atoms. The van der Waals surface area contributed by atoms with Crippen LogP contribution in [0.2, 0.25) is 0 Å². The second-order valence-corrected chi connectivity index (χ2v) is 9.17. The third kappa shape index (κ3) is 4.64. The number of ether oxygens (including phenoxy) is 1. The summed E-state index contributed by atoms with van der Waals surface area (Å²) in [5.74, 6) is 5.71. The fourth-order valence-electron chi connectivity index (χ4n) is 4.76. The van der Waals surface area contributed by atoms with Crippen molar-refractivity contribution < 1.29 is 9.53 Å². The predicted octanol–water partition coefficient (Wildman–Crippen LogP) is 0.475. The van der Waals surface area contributed by atoms with E-state index in [4.69, 9.17) is 15.5 Å². The number of nitrogens with zero attached hydrogens (tertiary/aromatic N) is 7. The van der Waals surface area contributed by atoms with E-state index in [0.717, 1.165) is 17.4 Å². The van der Waals surface area contributed by atoms with Gasteiger partial charge in [0.2, 0.25) is 5.95 Å². The summed E-state index contributed by atoms with van der Waals surface area (Å²) >= 11 is 0. The molecule has 5 rings (SSSR count). The monoisotopic (exact) mass is 516 g/mol. The van der Waals surface area contributed by atoms with Crippen LogP contribution in [-0.2, 0) is 29.2 Å². The van der Waals surface area contributed by atoms with Gasteiger partial charge in [0.25, 0.3) is 5.56 Å². The standard InChI is InChI=1S/C26H28N8O4/c1-3-4-11-32-22-23(30-25(32)31-10-6-7-18(27)15-31)33(16-21(35)38-2)26(37)34(24(22)36)14-17-12-20-19(29-13-17)8-5-9-28-20/h5,8-9,12-13,18H,6-7,10-11,14-16,27H2,1-2H3. The zero-order chi connectivity index (χ0) is 26.8. The summed E-state index contributed by atoms with van der Waals surface area (Å²) in [6.45, 7) is 2.67. The third-order valence-corrected chi connectivity index (χ3v) is 6.61. The SMILES string of the molecule is CC#CCn1c(N2CCCC(N)C2)nc2c1c(=O)n(Cc1cnc3cccnc3c1)c(=O)n2CC(=O)OC. The van der Waals surface area contributed by atoms with Gasteiger partial charge in [-0.2, -0.15) is 4.98 Å². The van der Waals surface area contributed by atoms with Crippen molar-refractivity contribution in [3.05, 3.63) is 57.0 Å². The Morgan fingerprint density at radius 2 is 2.05 bits per heavy atom. The summed E-state index contributed by atoms with van der Waals surface area (Å²) in [6, 6.07) is 5.35. The molecule has 1 fully saturated rings. The van der Waals surface area contributed by atoms with Crippen molar-refractivity contribution in [1.29, 1.82) is 0 Å². The number of nitrogens with two attached hydrogens (primary N) is 1. The molecule has 12 nitrogen and oxygen atoms in total. The lowest BCUT2D eigenvalue weighted by Gasteiger charge is -2.31. The largest absolute Gasteiger partial charge is 0.468 e. The molecule has 38 heavy (non-hydrogen) atoms. The highest BCUT2D eigenvalue weighted by Crippen LogP contribution is 2.23. The number of carbonyl (C=O) groups is 1. The van der Waals surface area contributed by atoms with Gasteiger partial charge >= 0.3 is 11.7 Å². The number of piperidine rings is 1. The van der Waals surface area contributed by atoms with Crippen molar-refractivity contribution in [2.24, 2.45) is 5.73 Å². The Morgan fingerprint density at radius 1 is 1.21 bits per heavy atom. The first kappa shape index (κ1) is 25.2. The molecule has 0 saturated carbocycles. The first-order valence-electron chi connectivity index (χ1n) is 12.3. The molecular weight excluding hydrogens is 488 g/mol. The van der Waals surface area contributed by atoms with Gasteiger partial charge in [-0.1, -0.05) is 5.92 Å². The van der Waals surface area contributed by atoms with Crippen LogP contribution >= 0.6 is 0 Å². The van der Waals surface area contributed by atoms with Gasteiger partial charge < -0.3 is 15.4 Å². The number of esters is 1. The van der Waals surface area contributed by atoms with Crippen LogP contribution in [0.25, 0.3) is 22.2 Å². The minimum absolute atomic E-state index is 0.0443. The van der Waals surface area contributed by atoms with Gasteiger partial charge in [-0.25, -0.2) is 4.79 Å². The quantitative estimate of drug-likeness (QED) is 0.286. The fraction of sp³-hybridized carbons (Fsp3) is 0.385. The van der Waals surface area contributed by atoms with Crippen molar-refractivity contribution in [3.8, 4) is 11.8 Å². The van der Waals surface area contributed by atoms with Gasteiger partial charge in [-0.15, -0.1) is 5.92 Å². The molecule has 2 N–H and O–H groups in total. The van der Waals surface area contributed by atoms with Crippen LogP contribution in [-0.4, -0.2) is 60.9 Å². The Labute approximate surface area is 217 Å². The topological polar surface area (TPSA) is 143 Å². The molecule has 12 heteroatoms. The molecule has 0 aromatic carbocycles. The van der Waals surface area contributed by atoms with Crippen molar-refractivity contribution in [3.63, 3.8) is 0 Å². The summed E-state index contributed by atoms with van der Waals surface area (Å²) < 4.78 is 8.81. The van der Waals surface area contributed by atoms with Crippen LogP contribution in [0, 0.1) is 11.8 Å². The lowest BCUT2D eigenvalue weighted by atomic mass is 10.1. The number of pyridine rings is 2. The van der Waals surface area contributed by atoms with E-state index in [1.54, 1.807) is 36.0 Å². The lowest BCUT2D eigenvalue weighted by Crippen LogP contribution is -2.44. The first-order valence-corrected chi connectivity index (χ1v) is 12.3. The number of imidazole rings is 1. The molecular formula is C26H28N8O4. The number of aromatic nitrogens is 6. The fourth-order valence-corrected chi connectivity index (χ4v) is 4.76. The number of methoxy groups -OCH3 is 1. The summed E-state index contributed by atoms with van der Waals surface area (Å²) in [7, 11) is 1.24. The van der Waals surface area contributed by atoms with E-state index in [9.17, 15) is 14.4 Å². The Hall–Kier alpha value is -4.50. The minimum Gasteiger partial charge on any atom is -0.468 e. The molecule has 1 unspecified atom stereocenters. The van der Waals surface area contributed by atoms with E-state index in [2.05, 4.69) is 21.8 Å². The predicted molar refractivity (Wildman–Crippen MR) is 142 cm³/mol. The molecule has 1 aliphatic heterocycles. The molecule has 5 heterocycles. The molecule has 0 spiro atoms. The molecule has 1 saturated heterocycles. The van der Waals surface area contributed by atoms with Crippen molar-refractivity contribution in [2.45, 2.75) is 45.4 Å².